The fraction of sp³-hybridized carbons (Fsp3) is 0.550. The number of nitrogens with one attached hydrogen (secondary N) is 2. The highest BCUT2D eigenvalue weighted by Gasteiger charge is 2.35. The summed E-state index contributed by atoms with van der Waals surface area (Å²) in [6.45, 7) is 0.0418. The zero-order valence-electron chi connectivity index (χ0n) is 16.1. The lowest BCUT2D eigenvalue weighted by Crippen LogP contribution is -2.48. The van der Waals surface area contributed by atoms with Crippen LogP contribution in [0, 0.1) is 23.5 Å². The fourth-order valence-corrected chi connectivity index (χ4v) is 4.21. The van der Waals surface area contributed by atoms with Crippen LogP contribution in [0.5, 0.6) is 0 Å². The van der Waals surface area contributed by atoms with Crippen LogP contribution < -0.4 is 10.6 Å². The van der Waals surface area contributed by atoms with E-state index in [9.17, 15) is 23.2 Å². The highest BCUT2D eigenvalue weighted by atomic mass is 35.5. The van der Waals surface area contributed by atoms with Crippen LogP contribution in [0.4, 0.5) is 13.6 Å². The highest BCUT2D eigenvalue weighted by molar-refractivity contribution is 6.30. The number of amides is 4. The minimum atomic E-state index is -0.869. The maximum Gasteiger partial charge on any atom is 0.323 e. The lowest BCUT2D eigenvalue weighted by atomic mass is 9.89. The SMILES string of the molecule is CN1C(=O)CC[C@H](C(=O)N[C@H](c2c(F)ccc(Cl)c2F)C2CCCC2)CNC1=O. The molecule has 6 nitrogen and oxygen atoms in total. The topological polar surface area (TPSA) is 78.5 Å². The van der Waals surface area contributed by atoms with Crippen LogP contribution >= 0.6 is 11.6 Å². The standard InChI is InChI=1S/C20H24ClF2N3O3/c1-26-15(27)9-6-12(10-24-20(26)29)19(28)25-18(11-4-2-3-5-11)16-14(22)8-7-13(21)17(16)23/h7-8,11-12,18H,2-6,9-10H2,1H3,(H,24,29)(H,25,28)/t12-,18-/m0/s1. The summed E-state index contributed by atoms with van der Waals surface area (Å²) >= 11 is 5.86. The van der Waals surface area contributed by atoms with Crippen LogP contribution in [0.3, 0.4) is 0 Å². The third-order valence-corrected chi connectivity index (χ3v) is 6.11. The molecule has 2 atom stereocenters. The summed E-state index contributed by atoms with van der Waals surface area (Å²) in [5.74, 6) is -3.25. The second-order valence-corrected chi connectivity index (χ2v) is 8.07. The Bertz CT molecular complexity index is 794. The number of nitrogens with zero attached hydrogens (tertiary/aromatic N) is 1. The van der Waals surface area contributed by atoms with Crippen LogP contribution in [-0.2, 0) is 9.59 Å². The minimum absolute atomic E-state index is 0.0377. The minimum Gasteiger partial charge on any atom is -0.348 e. The average molecular weight is 428 g/mol. The Balaban J connectivity index is 1.83. The van der Waals surface area contributed by atoms with Gasteiger partial charge >= 0.3 is 6.03 Å². The Morgan fingerprint density at radius 1 is 1.24 bits per heavy atom. The summed E-state index contributed by atoms with van der Waals surface area (Å²) in [7, 11) is 1.37. The molecule has 158 valence electrons. The smallest absolute Gasteiger partial charge is 0.323 e. The van der Waals surface area contributed by atoms with Crippen LogP contribution in [-0.4, -0.2) is 36.3 Å². The van der Waals surface area contributed by atoms with E-state index in [0.29, 0.717) is 0 Å². The van der Waals surface area contributed by atoms with Gasteiger partial charge in [-0.15, -0.1) is 0 Å². The summed E-state index contributed by atoms with van der Waals surface area (Å²) < 4.78 is 29.2. The van der Waals surface area contributed by atoms with Crippen molar-refractivity contribution in [2.45, 2.75) is 44.6 Å². The predicted molar refractivity (Wildman–Crippen MR) is 103 cm³/mol. The summed E-state index contributed by atoms with van der Waals surface area (Å²) in [6.07, 6.45) is 3.58. The fourth-order valence-electron chi connectivity index (χ4n) is 4.05. The molecule has 0 unspecified atom stereocenters. The Kier molecular flexibility index (Phi) is 6.72. The quantitative estimate of drug-likeness (QED) is 0.721. The van der Waals surface area contributed by atoms with E-state index in [2.05, 4.69) is 10.6 Å². The molecule has 0 aromatic heterocycles. The second kappa shape index (κ2) is 9.07. The third kappa shape index (κ3) is 4.69. The van der Waals surface area contributed by atoms with E-state index < -0.39 is 35.5 Å². The summed E-state index contributed by atoms with van der Waals surface area (Å²) in [5.41, 5.74) is -0.233. The first-order valence-electron chi connectivity index (χ1n) is 9.77. The van der Waals surface area contributed by atoms with E-state index in [-0.39, 0.29) is 41.8 Å². The predicted octanol–water partition coefficient (Wildman–Crippen LogP) is 3.54. The molecule has 1 saturated carbocycles. The molecule has 1 aliphatic heterocycles. The number of halogens is 3. The Labute approximate surface area is 173 Å². The van der Waals surface area contributed by atoms with Gasteiger partial charge in [-0.2, -0.15) is 0 Å². The van der Waals surface area contributed by atoms with E-state index in [4.69, 9.17) is 11.6 Å². The Morgan fingerprint density at radius 3 is 2.62 bits per heavy atom. The Morgan fingerprint density at radius 2 is 1.93 bits per heavy atom. The molecule has 0 spiro atoms. The lowest BCUT2D eigenvalue weighted by Gasteiger charge is -2.29. The number of hydrogen-bond acceptors (Lipinski definition) is 3. The molecule has 1 aromatic rings. The largest absolute Gasteiger partial charge is 0.348 e. The van der Waals surface area contributed by atoms with Crippen molar-refractivity contribution in [1.82, 2.24) is 15.5 Å². The van der Waals surface area contributed by atoms with Gasteiger partial charge in [-0.05, 0) is 37.3 Å². The molecule has 2 N–H and O–H groups in total. The molecule has 4 amide bonds. The number of benzene rings is 1. The van der Waals surface area contributed by atoms with Crippen LogP contribution in [0.2, 0.25) is 5.02 Å². The van der Waals surface area contributed by atoms with Crippen molar-refractivity contribution in [2.24, 2.45) is 11.8 Å². The molecule has 1 saturated heterocycles. The number of hydrogen-bond donors (Lipinski definition) is 2. The van der Waals surface area contributed by atoms with Gasteiger partial charge in [-0.1, -0.05) is 24.4 Å². The molecule has 1 aliphatic carbocycles. The van der Waals surface area contributed by atoms with E-state index >= 15 is 0 Å². The maximum absolute atomic E-state index is 14.7. The van der Waals surface area contributed by atoms with Gasteiger partial charge in [0, 0.05) is 25.6 Å². The summed E-state index contributed by atoms with van der Waals surface area (Å²) in [4.78, 5) is 37.7. The maximum atomic E-state index is 14.7. The van der Waals surface area contributed by atoms with Gasteiger partial charge in [-0.25, -0.2) is 13.6 Å². The van der Waals surface area contributed by atoms with E-state index in [1.165, 1.54) is 7.05 Å². The zero-order chi connectivity index (χ0) is 21.1. The molecule has 29 heavy (non-hydrogen) atoms. The van der Waals surface area contributed by atoms with Crippen molar-refractivity contribution >= 4 is 29.4 Å². The van der Waals surface area contributed by atoms with Gasteiger partial charge in [0.05, 0.1) is 17.0 Å². The lowest BCUT2D eigenvalue weighted by molar-refractivity contribution is -0.129. The highest BCUT2D eigenvalue weighted by Crippen LogP contribution is 2.39. The van der Waals surface area contributed by atoms with Gasteiger partial charge < -0.3 is 10.6 Å². The van der Waals surface area contributed by atoms with Crippen LogP contribution in [0.15, 0.2) is 12.1 Å². The molecule has 2 aliphatic rings. The molecule has 1 heterocycles. The normalized spacial score (nSPS) is 22.1. The summed E-state index contributed by atoms with van der Waals surface area (Å²) in [6, 6.07) is 0.810. The number of carbonyl (C=O) groups is 3. The third-order valence-electron chi connectivity index (χ3n) is 5.82. The Hall–Kier alpha value is -2.22. The zero-order valence-corrected chi connectivity index (χ0v) is 16.9. The second-order valence-electron chi connectivity index (χ2n) is 7.66. The molecule has 2 fully saturated rings. The van der Waals surface area contributed by atoms with E-state index in [1.807, 2.05) is 0 Å². The molecule has 0 radical (unpaired) electrons. The average Bonchev–Trinajstić information content (AvgIpc) is 3.23. The van der Waals surface area contributed by atoms with Gasteiger partial charge in [0.15, 0.2) is 0 Å². The number of carbonyl (C=O) groups excluding carboxylic acids is 3. The summed E-state index contributed by atoms with van der Waals surface area (Å²) in [5, 5.41) is 5.13. The van der Waals surface area contributed by atoms with Crippen LogP contribution in [0.25, 0.3) is 0 Å². The van der Waals surface area contributed by atoms with Gasteiger partial charge in [-0.3, -0.25) is 14.5 Å². The molecule has 3 rings (SSSR count). The number of rotatable bonds is 4. The first-order chi connectivity index (χ1) is 13.8. The number of imide groups is 1. The van der Waals surface area contributed by atoms with Crippen molar-refractivity contribution in [3.8, 4) is 0 Å². The van der Waals surface area contributed by atoms with E-state index in [1.54, 1.807) is 0 Å². The van der Waals surface area contributed by atoms with E-state index in [0.717, 1.165) is 42.7 Å². The van der Waals surface area contributed by atoms with Crippen molar-refractivity contribution in [1.29, 1.82) is 0 Å². The number of urea groups is 1. The van der Waals surface area contributed by atoms with Crippen molar-refractivity contribution < 1.29 is 23.2 Å². The first kappa shape index (κ1) is 21.5. The van der Waals surface area contributed by atoms with Gasteiger partial charge in [0.1, 0.15) is 11.6 Å². The van der Waals surface area contributed by atoms with Crippen molar-refractivity contribution in [2.75, 3.05) is 13.6 Å². The van der Waals surface area contributed by atoms with Crippen LogP contribution in [0.1, 0.15) is 50.1 Å². The van der Waals surface area contributed by atoms with Gasteiger partial charge in [0.25, 0.3) is 0 Å². The van der Waals surface area contributed by atoms with Gasteiger partial charge in [0.2, 0.25) is 11.8 Å². The van der Waals surface area contributed by atoms with Crippen molar-refractivity contribution in [3.05, 3.63) is 34.4 Å². The molecule has 0 bridgehead atoms. The first-order valence-corrected chi connectivity index (χ1v) is 10.2. The molecule has 1 aromatic carbocycles. The monoisotopic (exact) mass is 427 g/mol. The molecular formula is C20H24ClF2N3O3. The molecule has 9 heteroatoms. The van der Waals surface area contributed by atoms with Crippen molar-refractivity contribution in [3.63, 3.8) is 0 Å². The molecular weight excluding hydrogens is 404 g/mol.